The van der Waals surface area contributed by atoms with Crippen LogP contribution in [0.1, 0.15) is 25.5 Å². The molecule has 0 aliphatic carbocycles. The molecule has 2 heterocycles. The van der Waals surface area contributed by atoms with Crippen LogP contribution >= 0.6 is 23.1 Å². The van der Waals surface area contributed by atoms with Gasteiger partial charge in [-0.2, -0.15) is 11.8 Å². The number of nitrogens with zero attached hydrogens (tertiary/aromatic N) is 1. The molecule has 0 bridgehead atoms. The van der Waals surface area contributed by atoms with E-state index in [0.29, 0.717) is 10.4 Å². The Kier molecular flexibility index (Phi) is 3.93. The standard InChI is InChI=1S/C11H16N2O2S2/c1-11(3-2-4-17-11)7-12-10-13-8(6-16-10)5-9(14)15/h6H,2-5,7H2,1H3,(H,12,13)(H,14,15). The summed E-state index contributed by atoms with van der Waals surface area (Å²) in [5.74, 6) is 0.403. The monoisotopic (exact) mass is 272 g/mol. The zero-order valence-electron chi connectivity index (χ0n) is 9.73. The summed E-state index contributed by atoms with van der Waals surface area (Å²) in [6, 6.07) is 0. The number of thioether (sulfide) groups is 1. The Morgan fingerprint density at radius 3 is 3.18 bits per heavy atom. The molecular weight excluding hydrogens is 256 g/mol. The van der Waals surface area contributed by atoms with Crippen molar-refractivity contribution < 1.29 is 9.90 Å². The first-order valence-electron chi connectivity index (χ1n) is 5.61. The fourth-order valence-electron chi connectivity index (χ4n) is 1.86. The van der Waals surface area contributed by atoms with E-state index < -0.39 is 5.97 Å². The van der Waals surface area contributed by atoms with Gasteiger partial charge in [-0.05, 0) is 25.5 Å². The SMILES string of the molecule is CC1(CNc2nc(CC(=O)O)cs2)CCCS1. The van der Waals surface area contributed by atoms with Crippen LogP contribution in [0, 0.1) is 0 Å². The number of anilines is 1. The summed E-state index contributed by atoms with van der Waals surface area (Å²) in [5, 5.41) is 14.6. The molecule has 2 rings (SSSR count). The van der Waals surface area contributed by atoms with Crippen LogP contribution in [0.4, 0.5) is 5.13 Å². The lowest BCUT2D eigenvalue weighted by Gasteiger charge is -2.22. The summed E-state index contributed by atoms with van der Waals surface area (Å²) in [6.45, 7) is 3.17. The van der Waals surface area contributed by atoms with Gasteiger partial charge in [-0.1, -0.05) is 0 Å². The number of carbonyl (C=O) groups is 1. The topological polar surface area (TPSA) is 62.2 Å². The third-order valence-electron chi connectivity index (χ3n) is 2.80. The van der Waals surface area contributed by atoms with E-state index in [9.17, 15) is 4.79 Å². The van der Waals surface area contributed by atoms with Crippen LogP contribution in [-0.4, -0.2) is 33.1 Å². The Morgan fingerprint density at radius 1 is 1.71 bits per heavy atom. The molecule has 1 unspecified atom stereocenters. The van der Waals surface area contributed by atoms with Gasteiger partial charge in [0.2, 0.25) is 0 Å². The van der Waals surface area contributed by atoms with Crippen LogP contribution in [-0.2, 0) is 11.2 Å². The second-order valence-corrected chi connectivity index (χ2v) is 7.01. The van der Waals surface area contributed by atoms with Crippen molar-refractivity contribution >= 4 is 34.2 Å². The molecule has 2 N–H and O–H groups in total. The van der Waals surface area contributed by atoms with Crippen molar-refractivity contribution in [2.24, 2.45) is 0 Å². The Bertz CT molecular complexity index is 400. The zero-order valence-corrected chi connectivity index (χ0v) is 11.4. The van der Waals surface area contributed by atoms with Crippen LogP contribution in [0.2, 0.25) is 0 Å². The Hall–Kier alpha value is -0.750. The first-order chi connectivity index (χ1) is 8.07. The zero-order chi connectivity index (χ0) is 12.3. The minimum Gasteiger partial charge on any atom is -0.481 e. The molecule has 0 amide bonds. The normalized spacial score (nSPS) is 23.8. The predicted molar refractivity (Wildman–Crippen MR) is 72.0 cm³/mol. The van der Waals surface area contributed by atoms with Crippen molar-refractivity contribution in [3.8, 4) is 0 Å². The van der Waals surface area contributed by atoms with E-state index in [1.54, 1.807) is 5.38 Å². The highest BCUT2D eigenvalue weighted by molar-refractivity contribution is 8.00. The van der Waals surface area contributed by atoms with E-state index in [2.05, 4.69) is 17.2 Å². The molecule has 1 aromatic heterocycles. The number of carboxylic acid groups (broad SMARTS) is 1. The molecular formula is C11H16N2O2S2. The van der Waals surface area contributed by atoms with Gasteiger partial charge in [0, 0.05) is 16.7 Å². The molecule has 0 spiro atoms. The molecule has 4 nitrogen and oxygen atoms in total. The van der Waals surface area contributed by atoms with E-state index in [4.69, 9.17) is 5.11 Å². The van der Waals surface area contributed by atoms with Gasteiger partial charge in [0.1, 0.15) is 0 Å². The van der Waals surface area contributed by atoms with Gasteiger partial charge in [-0.15, -0.1) is 11.3 Å². The van der Waals surface area contributed by atoms with E-state index >= 15 is 0 Å². The number of hydrogen-bond acceptors (Lipinski definition) is 5. The smallest absolute Gasteiger partial charge is 0.309 e. The largest absolute Gasteiger partial charge is 0.481 e. The van der Waals surface area contributed by atoms with Crippen molar-refractivity contribution in [3.63, 3.8) is 0 Å². The third kappa shape index (κ3) is 3.61. The molecule has 1 saturated heterocycles. The summed E-state index contributed by atoms with van der Waals surface area (Å²) in [5.41, 5.74) is 0.634. The van der Waals surface area contributed by atoms with E-state index in [1.165, 1.54) is 29.9 Å². The Balaban J connectivity index is 1.86. The number of carboxylic acids is 1. The average Bonchev–Trinajstić information content (AvgIpc) is 2.85. The van der Waals surface area contributed by atoms with Crippen molar-refractivity contribution in [1.82, 2.24) is 4.98 Å². The molecule has 1 atom stereocenters. The van der Waals surface area contributed by atoms with Crippen LogP contribution < -0.4 is 5.32 Å². The Labute approximate surface area is 109 Å². The molecule has 0 aromatic carbocycles. The maximum absolute atomic E-state index is 10.5. The third-order valence-corrected chi connectivity index (χ3v) is 5.19. The second kappa shape index (κ2) is 5.27. The maximum Gasteiger partial charge on any atom is 0.309 e. The van der Waals surface area contributed by atoms with Gasteiger partial charge >= 0.3 is 5.97 Å². The molecule has 0 saturated carbocycles. The van der Waals surface area contributed by atoms with E-state index in [1.807, 2.05) is 11.8 Å². The molecule has 1 aromatic rings. The number of rotatable bonds is 5. The molecule has 0 radical (unpaired) electrons. The molecule has 1 aliphatic heterocycles. The van der Waals surface area contributed by atoms with E-state index in [0.717, 1.165) is 11.7 Å². The second-order valence-electron chi connectivity index (χ2n) is 4.47. The van der Waals surface area contributed by atoms with Gasteiger partial charge < -0.3 is 10.4 Å². The fraction of sp³-hybridized carbons (Fsp3) is 0.636. The number of thiazole rings is 1. The van der Waals surface area contributed by atoms with Gasteiger partial charge in [-0.25, -0.2) is 4.98 Å². The van der Waals surface area contributed by atoms with Crippen molar-refractivity contribution in [2.75, 3.05) is 17.6 Å². The number of aliphatic carboxylic acids is 1. The predicted octanol–water partition coefficient (Wildman–Crippen LogP) is 2.47. The summed E-state index contributed by atoms with van der Waals surface area (Å²) in [4.78, 5) is 14.8. The molecule has 1 fully saturated rings. The summed E-state index contributed by atoms with van der Waals surface area (Å²) in [6.07, 6.45) is 2.52. The Morgan fingerprint density at radius 2 is 2.53 bits per heavy atom. The fourth-order valence-corrected chi connectivity index (χ4v) is 3.82. The summed E-state index contributed by atoms with van der Waals surface area (Å²) >= 11 is 3.48. The lowest BCUT2D eigenvalue weighted by molar-refractivity contribution is -0.136. The first kappa shape index (κ1) is 12.7. The highest BCUT2D eigenvalue weighted by Crippen LogP contribution is 2.37. The van der Waals surface area contributed by atoms with Crippen molar-refractivity contribution in [2.45, 2.75) is 30.9 Å². The number of aromatic nitrogens is 1. The number of nitrogens with one attached hydrogen (secondary N) is 1. The highest BCUT2D eigenvalue weighted by atomic mass is 32.2. The molecule has 17 heavy (non-hydrogen) atoms. The first-order valence-corrected chi connectivity index (χ1v) is 7.48. The van der Waals surface area contributed by atoms with Gasteiger partial charge in [0.15, 0.2) is 5.13 Å². The lowest BCUT2D eigenvalue weighted by atomic mass is 10.1. The van der Waals surface area contributed by atoms with Gasteiger partial charge in [0.25, 0.3) is 0 Å². The van der Waals surface area contributed by atoms with Crippen molar-refractivity contribution in [1.29, 1.82) is 0 Å². The molecule has 94 valence electrons. The van der Waals surface area contributed by atoms with Crippen LogP contribution in [0.3, 0.4) is 0 Å². The average molecular weight is 272 g/mol. The van der Waals surface area contributed by atoms with E-state index in [-0.39, 0.29) is 6.42 Å². The van der Waals surface area contributed by atoms with Crippen molar-refractivity contribution in [3.05, 3.63) is 11.1 Å². The van der Waals surface area contributed by atoms with Crippen LogP contribution in [0.15, 0.2) is 5.38 Å². The minimum absolute atomic E-state index is 0.00416. The minimum atomic E-state index is -0.833. The summed E-state index contributed by atoms with van der Waals surface area (Å²) in [7, 11) is 0. The van der Waals surface area contributed by atoms with Crippen LogP contribution in [0.5, 0.6) is 0 Å². The van der Waals surface area contributed by atoms with Gasteiger partial charge in [-0.3, -0.25) is 4.79 Å². The maximum atomic E-state index is 10.5. The van der Waals surface area contributed by atoms with Crippen LogP contribution in [0.25, 0.3) is 0 Å². The van der Waals surface area contributed by atoms with Gasteiger partial charge in [0.05, 0.1) is 12.1 Å². The summed E-state index contributed by atoms with van der Waals surface area (Å²) < 4.78 is 0.304. The molecule has 6 heteroatoms. The number of hydrogen-bond donors (Lipinski definition) is 2. The quantitative estimate of drug-likeness (QED) is 0.862. The molecule has 1 aliphatic rings. The lowest BCUT2D eigenvalue weighted by Crippen LogP contribution is -2.26. The highest BCUT2D eigenvalue weighted by Gasteiger charge is 2.29.